The molecule has 1 aromatic heterocycles. The minimum absolute atomic E-state index is 0.622. The second-order valence-corrected chi connectivity index (χ2v) is 7.05. The summed E-state index contributed by atoms with van der Waals surface area (Å²) >= 11 is 1.67. The van der Waals surface area contributed by atoms with E-state index in [0.717, 1.165) is 17.0 Å². The molecule has 0 aliphatic heterocycles. The summed E-state index contributed by atoms with van der Waals surface area (Å²) in [5.41, 5.74) is 3.61. The van der Waals surface area contributed by atoms with Crippen LogP contribution in [-0.2, 0) is 0 Å². The first kappa shape index (κ1) is 16.2. The molecule has 3 rings (SSSR count). The summed E-state index contributed by atoms with van der Waals surface area (Å²) in [6, 6.07) is 8.64. The van der Waals surface area contributed by atoms with Gasteiger partial charge in [-0.25, -0.2) is 4.68 Å². The van der Waals surface area contributed by atoms with E-state index in [4.69, 9.17) is 5.10 Å². The van der Waals surface area contributed by atoms with E-state index in [0.29, 0.717) is 5.92 Å². The molecular formula is C19H25N3S. The highest BCUT2D eigenvalue weighted by Crippen LogP contribution is 2.23. The number of nitrogens with zero attached hydrogens (tertiary/aromatic N) is 3. The van der Waals surface area contributed by atoms with Gasteiger partial charge in [-0.2, -0.15) is 5.10 Å². The standard InChI is InChI=1S/C19H25N3S/c1-3-20-19-22(21-13-16-7-5-4-6-8-16)18(14-23-19)17-11-9-15(2)10-12-17/h9-14,16H,3-8H2,1-2H3. The van der Waals surface area contributed by atoms with Crippen LogP contribution in [0.1, 0.15) is 44.6 Å². The van der Waals surface area contributed by atoms with Crippen LogP contribution in [0.25, 0.3) is 11.3 Å². The van der Waals surface area contributed by atoms with Gasteiger partial charge in [-0.15, -0.1) is 11.3 Å². The molecule has 1 aliphatic rings. The lowest BCUT2D eigenvalue weighted by Gasteiger charge is -2.17. The molecule has 0 saturated heterocycles. The maximum Gasteiger partial charge on any atom is 0.206 e. The van der Waals surface area contributed by atoms with Crippen LogP contribution in [0.4, 0.5) is 0 Å². The highest BCUT2D eigenvalue weighted by Gasteiger charge is 2.12. The second-order valence-electron chi connectivity index (χ2n) is 6.22. The molecule has 0 spiro atoms. The van der Waals surface area contributed by atoms with Crippen LogP contribution in [0, 0.1) is 12.8 Å². The van der Waals surface area contributed by atoms with Crippen LogP contribution in [0.15, 0.2) is 39.7 Å². The lowest BCUT2D eigenvalue weighted by atomic mass is 9.90. The predicted molar refractivity (Wildman–Crippen MR) is 99.1 cm³/mol. The summed E-state index contributed by atoms with van der Waals surface area (Å²) in [6.07, 6.45) is 8.74. The zero-order chi connectivity index (χ0) is 16.1. The lowest BCUT2D eigenvalue weighted by Crippen LogP contribution is -2.15. The van der Waals surface area contributed by atoms with E-state index >= 15 is 0 Å². The Hall–Kier alpha value is -1.68. The van der Waals surface area contributed by atoms with E-state index in [1.807, 2.05) is 4.68 Å². The topological polar surface area (TPSA) is 29.6 Å². The third kappa shape index (κ3) is 3.99. The molecule has 0 atom stereocenters. The Morgan fingerprint density at radius 3 is 2.61 bits per heavy atom. The molecule has 1 saturated carbocycles. The van der Waals surface area contributed by atoms with Gasteiger partial charge in [-0.3, -0.25) is 4.99 Å². The van der Waals surface area contributed by atoms with Gasteiger partial charge in [0.15, 0.2) is 0 Å². The van der Waals surface area contributed by atoms with Gasteiger partial charge in [0.25, 0.3) is 0 Å². The van der Waals surface area contributed by atoms with Crippen LogP contribution >= 0.6 is 11.3 Å². The smallest absolute Gasteiger partial charge is 0.206 e. The number of hydrogen-bond donors (Lipinski definition) is 0. The van der Waals surface area contributed by atoms with Gasteiger partial charge in [0.05, 0.1) is 5.69 Å². The van der Waals surface area contributed by atoms with E-state index in [9.17, 15) is 0 Å². The predicted octanol–water partition coefficient (Wildman–Crippen LogP) is 4.86. The Balaban J connectivity index is 1.95. The first-order valence-corrected chi connectivity index (χ1v) is 9.48. The van der Waals surface area contributed by atoms with Crippen molar-refractivity contribution in [1.82, 2.24) is 4.68 Å². The molecule has 0 amide bonds. The van der Waals surface area contributed by atoms with Crippen molar-refractivity contribution in [2.24, 2.45) is 16.0 Å². The van der Waals surface area contributed by atoms with Crippen molar-refractivity contribution >= 4 is 17.6 Å². The molecule has 3 nitrogen and oxygen atoms in total. The lowest BCUT2D eigenvalue weighted by molar-refractivity contribution is 0.443. The normalized spacial score (nSPS) is 17.2. The molecule has 0 radical (unpaired) electrons. The number of benzene rings is 1. The average molecular weight is 327 g/mol. The molecule has 1 heterocycles. The molecular weight excluding hydrogens is 302 g/mol. The molecule has 23 heavy (non-hydrogen) atoms. The van der Waals surface area contributed by atoms with Gasteiger partial charge in [0.2, 0.25) is 4.80 Å². The number of hydrogen-bond acceptors (Lipinski definition) is 3. The molecule has 1 fully saturated rings. The number of aromatic nitrogens is 1. The fourth-order valence-corrected chi connectivity index (χ4v) is 3.92. The Kier molecular flexibility index (Phi) is 5.44. The van der Waals surface area contributed by atoms with Crippen molar-refractivity contribution in [2.75, 3.05) is 6.54 Å². The molecule has 4 heteroatoms. The van der Waals surface area contributed by atoms with Gasteiger partial charge in [-0.05, 0) is 32.6 Å². The summed E-state index contributed by atoms with van der Waals surface area (Å²) < 4.78 is 2.02. The molecule has 122 valence electrons. The molecule has 2 aromatic rings. The van der Waals surface area contributed by atoms with E-state index in [1.165, 1.54) is 43.2 Å². The summed E-state index contributed by atoms with van der Waals surface area (Å²) in [7, 11) is 0. The van der Waals surface area contributed by atoms with Crippen molar-refractivity contribution < 1.29 is 0 Å². The van der Waals surface area contributed by atoms with E-state index in [-0.39, 0.29) is 0 Å². The first-order chi connectivity index (χ1) is 11.3. The number of thiazole rings is 1. The van der Waals surface area contributed by atoms with E-state index in [1.54, 1.807) is 11.3 Å². The Bertz CT molecular complexity index is 716. The van der Waals surface area contributed by atoms with Gasteiger partial charge in [0, 0.05) is 23.7 Å². The third-order valence-corrected chi connectivity index (χ3v) is 5.22. The van der Waals surface area contributed by atoms with Crippen LogP contribution in [0.3, 0.4) is 0 Å². The average Bonchev–Trinajstić information content (AvgIpc) is 2.98. The monoisotopic (exact) mass is 327 g/mol. The van der Waals surface area contributed by atoms with Crippen molar-refractivity contribution in [3.8, 4) is 11.3 Å². The summed E-state index contributed by atoms with van der Waals surface area (Å²) in [5.74, 6) is 0.622. The van der Waals surface area contributed by atoms with Gasteiger partial charge in [-0.1, -0.05) is 49.1 Å². The first-order valence-electron chi connectivity index (χ1n) is 8.60. The van der Waals surface area contributed by atoms with Crippen molar-refractivity contribution in [3.63, 3.8) is 0 Å². The SMILES string of the molecule is CCN=c1scc(-c2ccc(C)cc2)n1N=CC1CCCCC1. The maximum atomic E-state index is 4.82. The molecule has 0 unspecified atom stereocenters. The zero-order valence-electron chi connectivity index (χ0n) is 14.0. The van der Waals surface area contributed by atoms with Crippen LogP contribution in [0.5, 0.6) is 0 Å². The van der Waals surface area contributed by atoms with Gasteiger partial charge in [0.1, 0.15) is 0 Å². The zero-order valence-corrected chi connectivity index (χ0v) is 14.9. The number of rotatable bonds is 4. The second kappa shape index (κ2) is 7.73. The molecule has 1 aromatic carbocycles. The van der Waals surface area contributed by atoms with E-state index in [2.05, 4.69) is 54.7 Å². The quantitative estimate of drug-likeness (QED) is 0.718. The van der Waals surface area contributed by atoms with Crippen molar-refractivity contribution in [1.29, 1.82) is 0 Å². The highest BCUT2D eigenvalue weighted by atomic mass is 32.1. The van der Waals surface area contributed by atoms with Crippen LogP contribution < -0.4 is 4.80 Å². The fraction of sp³-hybridized carbons (Fsp3) is 0.474. The van der Waals surface area contributed by atoms with Crippen LogP contribution in [-0.4, -0.2) is 17.4 Å². The minimum atomic E-state index is 0.622. The summed E-state index contributed by atoms with van der Waals surface area (Å²) in [5, 5.41) is 6.98. The summed E-state index contributed by atoms with van der Waals surface area (Å²) in [6.45, 7) is 4.97. The molecule has 0 N–H and O–H groups in total. The van der Waals surface area contributed by atoms with E-state index < -0.39 is 0 Å². The Morgan fingerprint density at radius 2 is 1.91 bits per heavy atom. The highest BCUT2D eigenvalue weighted by molar-refractivity contribution is 7.07. The van der Waals surface area contributed by atoms with Gasteiger partial charge < -0.3 is 0 Å². The third-order valence-electron chi connectivity index (χ3n) is 4.37. The Labute approximate surface area is 142 Å². The maximum absolute atomic E-state index is 4.82. The minimum Gasteiger partial charge on any atom is -0.258 e. The van der Waals surface area contributed by atoms with Gasteiger partial charge >= 0.3 is 0 Å². The van der Waals surface area contributed by atoms with Crippen LogP contribution in [0.2, 0.25) is 0 Å². The summed E-state index contributed by atoms with van der Waals surface area (Å²) in [4.78, 5) is 5.58. The fourth-order valence-electron chi connectivity index (χ4n) is 3.02. The Morgan fingerprint density at radius 1 is 1.17 bits per heavy atom. The largest absolute Gasteiger partial charge is 0.258 e. The van der Waals surface area contributed by atoms with Crippen molar-refractivity contribution in [2.45, 2.75) is 46.0 Å². The van der Waals surface area contributed by atoms with Crippen molar-refractivity contribution in [3.05, 3.63) is 40.0 Å². The molecule has 1 aliphatic carbocycles. The molecule has 0 bridgehead atoms. The number of aryl methyl sites for hydroxylation is 1.